The zero-order valence-corrected chi connectivity index (χ0v) is 10.7. The number of hydrogen-bond acceptors (Lipinski definition) is 2. The summed E-state index contributed by atoms with van der Waals surface area (Å²) in [7, 11) is 1.82. The molecule has 1 aliphatic heterocycles. The number of likely N-dealkylation sites (N-methyl/N-ethyl adjacent to an activating group) is 1. The predicted molar refractivity (Wildman–Crippen MR) is 69.9 cm³/mol. The van der Waals surface area contributed by atoms with Crippen LogP contribution in [-0.4, -0.2) is 13.0 Å². The minimum atomic E-state index is 0.0707. The molecule has 0 aromatic heterocycles. The van der Waals surface area contributed by atoms with Gasteiger partial charge in [-0.3, -0.25) is 4.79 Å². The van der Waals surface area contributed by atoms with Crippen molar-refractivity contribution < 1.29 is 4.79 Å². The SMILES string of the molecule is CC(C)CC(N)c1ccc2c(c1)CC(=O)N2C. The molecule has 0 bridgehead atoms. The van der Waals surface area contributed by atoms with Crippen molar-refractivity contribution in [1.82, 2.24) is 0 Å². The summed E-state index contributed by atoms with van der Waals surface area (Å²) in [4.78, 5) is 13.3. The second-order valence-electron chi connectivity index (χ2n) is 5.25. The Kier molecular flexibility index (Phi) is 3.20. The molecular formula is C14H20N2O. The molecule has 0 aliphatic carbocycles. The van der Waals surface area contributed by atoms with Gasteiger partial charge in [0, 0.05) is 18.8 Å². The molecule has 1 heterocycles. The van der Waals surface area contributed by atoms with Gasteiger partial charge >= 0.3 is 0 Å². The van der Waals surface area contributed by atoms with Crippen molar-refractivity contribution in [2.24, 2.45) is 11.7 Å². The van der Waals surface area contributed by atoms with Crippen LogP contribution in [0.5, 0.6) is 0 Å². The maximum absolute atomic E-state index is 11.6. The normalized spacial score (nSPS) is 16.5. The molecule has 1 unspecified atom stereocenters. The molecule has 3 nitrogen and oxygen atoms in total. The summed E-state index contributed by atoms with van der Waals surface area (Å²) in [6.07, 6.45) is 1.48. The van der Waals surface area contributed by atoms with E-state index in [1.165, 1.54) is 0 Å². The fourth-order valence-electron chi connectivity index (χ4n) is 2.36. The van der Waals surface area contributed by atoms with Crippen LogP contribution in [0.25, 0.3) is 0 Å². The molecule has 1 aromatic rings. The van der Waals surface area contributed by atoms with E-state index >= 15 is 0 Å². The minimum absolute atomic E-state index is 0.0707. The van der Waals surface area contributed by atoms with Gasteiger partial charge in [0.25, 0.3) is 0 Å². The number of anilines is 1. The first-order valence-electron chi connectivity index (χ1n) is 6.14. The molecule has 92 valence electrons. The summed E-state index contributed by atoms with van der Waals surface area (Å²) >= 11 is 0. The number of amides is 1. The Morgan fingerprint density at radius 2 is 2.12 bits per heavy atom. The number of rotatable bonds is 3. The van der Waals surface area contributed by atoms with Crippen LogP contribution in [0.15, 0.2) is 18.2 Å². The molecule has 2 rings (SSSR count). The Morgan fingerprint density at radius 3 is 2.76 bits per heavy atom. The molecule has 1 aliphatic rings. The number of hydrogen-bond donors (Lipinski definition) is 1. The maximum Gasteiger partial charge on any atom is 0.231 e. The lowest BCUT2D eigenvalue weighted by Gasteiger charge is -2.16. The fraction of sp³-hybridized carbons (Fsp3) is 0.500. The highest BCUT2D eigenvalue weighted by Crippen LogP contribution is 2.30. The van der Waals surface area contributed by atoms with Gasteiger partial charge in [0.1, 0.15) is 0 Å². The molecule has 1 atom stereocenters. The van der Waals surface area contributed by atoms with Crippen molar-refractivity contribution in [3.63, 3.8) is 0 Å². The lowest BCUT2D eigenvalue weighted by atomic mass is 9.96. The standard InChI is InChI=1S/C14H20N2O/c1-9(2)6-12(15)10-4-5-13-11(7-10)8-14(17)16(13)3/h4-5,7,9,12H,6,8,15H2,1-3H3. The lowest BCUT2D eigenvalue weighted by molar-refractivity contribution is -0.117. The lowest BCUT2D eigenvalue weighted by Crippen LogP contribution is -2.20. The van der Waals surface area contributed by atoms with Gasteiger partial charge in [0.15, 0.2) is 0 Å². The molecule has 3 heteroatoms. The van der Waals surface area contributed by atoms with Crippen molar-refractivity contribution >= 4 is 11.6 Å². The first-order chi connectivity index (χ1) is 7.99. The highest BCUT2D eigenvalue weighted by Gasteiger charge is 2.24. The van der Waals surface area contributed by atoms with Crippen LogP contribution in [0, 0.1) is 5.92 Å². The van der Waals surface area contributed by atoms with Gasteiger partial charge in [0.05, 0.1) is 6.42 Å². The molecular weight excluding hydrogens is 212 g/mol. The quantitative estimate of drug-likeness (QED) is 0.868. The summed E-state index contributed by atoms with van der Waals surface area (Å²) in [5, 5.41) is 0. The fourth-order valence-corrected chi connectivity index (χ4v) is 2.36. The summed E-state index contributed by atoms with van der Waals surface area (Å²) < 4.78 is 0. The average Bonchev–Trinajstić information content (AvgIpc) is 2.53. The van der Waals surface area contributed by atoms with Crippen LogP contribution in [-0.2, 0) is 11.2 Å². The van der Waals surface area contributed by atoms with Crippen molar-refractivity contribution in [3.05, 3.63) is 29.3 Å². The molecule has 17 heavy (non-hydrogen) atoms. The zero-order chi connectivity index (χ0) is 12.6. The summed E-state index contributed by atoms with van der Waals surface area (Å²) in [5.74, 6) is 0.747. The Labute approximate surface area is 103 Å². The zero-order valence-electron chi connectivity index (χ0n) is 10.7. The van der Waals surface area contributed by atoms with E-state index in [0.29, 0.717) is 12.3 Å². The Bertz CT molecular complexity index is 440. The molecule has 2 N–H and O–H groups in total. The van der Waals surface area contributed by atoms with E-state index in [1.54, 1.807) is 4.90 Å². The molecule has 1 amide bonds. The highest BCUT2D eigenvalue weighted by atomic mass is 16.2. The monoisotopic (exact) mass is 232 g/mol. The highest BCUT2D eigenvalue weighted by molar-refractivity contribution is 6.00. The second-order valence-corrected chi connectivity index (χ2v) is 5.25. The van der Waals surface area contributed by atoms with Gasteiger partial charge in [0.2, 0.25) is 5.91 Å². The molecule has 0 spiro atoms. The van der Waals surface area contributed by atoms with Crippen molar-refractivity contribution in [2.45, 2.75) is 32.7 Å². The topological polar surface area (TPSA) is 46.3 Å². The van der Waals surface area contributed by atoms with Crippen molar-refractivity contribution in [3.8, 4) is 0 Å². The van der Waals surface area contributed by atoms with Crippen LogP contribution < -0.4 is 10.6 Å². The maximum atomic E-state index is 11.6. The van der Waals surface area contributed by atoms with E-state index in [-0.39, 0.29) is 11.9 Å². The van der Waals surface area contributed by atoms with Crippen molar-refractivity contribution in [1.29, 1.82) is 0 Å². The first kappa shape index (κ1) is 12.1. The smallest absolute Gasteiger partial charge is 0.231 e. The van der Waals surface area contributed by atoms with Crippen LogP contribution in [0.4, 0.5) is 5.69 Å². The largest absolute Gasteiger partial charge is 0.324 e. The number of nitrogens with zero attached hydrogens (tertiary/aromatic N) is 1. The summed E-state index contributed by atoms with van der Waals surface area (Å²) in [6, 6.07) is 6.21. The molecule has 0 fully saturated rings. The molecule has 0 saturated heterocycles. The number of carbonyl (C=O) groups is 1. The van der Waals surface area contributed by atoms with Crippen molar-refractivity contribution in [2.75, 3.05) is 11.9 Å². The molecule has 1 aromatic carbocycles. The van der Waals surface area contributed by atoms with E-state index in [9.17, 15) is 4.79 Å². The van der Waals surface area contributed by atoms with E-state index in [1.807, 2.05) is 19.2 Å². The molecule has 0 saturated carbocycles. The van der Waals surface area contributed by atoms with Gasteiger partial charge in [-0.2, -0.15) is 0 Å². The minimum Gasteiger partial charge on any atom is -0.324 e. The van der Waals surface area contributed by atoms with Gasteiger partial charge in [-0.25, -0.2) is 0 Å². The predicted octanol–water partition coefficient (Wildman–Crippen LogP) is 2.25. The average molecular weight is 232 g/mol. The van der Waals surface area contributed by atoms with Crippen LogP contribution in [0.2, 0.25) is 0 Å². The van der Waals surface area contributed by atoms with Gasteiger partial charge in [-0.05, 0) is 29.5 Å². The number of carbonyl (C=O) groups excluding carboxylic acids is 1. The number of fused-ring (bicyclic) bond motifs is 1. The van der Waals surface area contributed by atoms with E-state index in [0.717, 1.165) is 23.2 Å². The Balaban J connectivity index is 2.24. The third-order valence-electron chi connectivity index (χ3n) is 3.33. The molecule has 0 radical (unpaired) electrons. The third kappa shape index (κ3) is 2.34. The van der Waals surface area contributed by atoms with E-state index in [2.05, 4.69) is 19.9 Å². The van der Waals surface area contributed by atoms with E-state index in [4.69, 9.17) is 5.73 Å². The third-order valence-corrected chi connectivity index (χ3v) is 3.33. The van der Waals surface area contributed by atoms with Gasteiger partial charge in [-0.15, -0.1) is 0 Å². The van der Waals surface area contributed by atoms with Gasteiger partial charge in [-0.1, -0.05) is 26.0 Å². The second kappa shape index (κ2) is 4.49. The van der Waals surface area contributed by atoms with E-state index < -0.39 is 0 Å². The van der Waals surface area contributed by atoms with Crippen LogP contribution in [0.3, 0.4) is 0 Å². The Morgan fingerprint density at radius 1 is 1.41 bits per heavy atom. The number of nitrogens with two attached hydrogens (primary N) is 1. The van der Waals surface area contributed by atoms with Crippen LogP contribution >= 0.6 is 0 Å². The first-order valence-corrected chi connectivity index (χ1v) is 6.14. The summed E-state index contributed by atoms with van der Waals surface area (Å²) in [5.41, 5.74) is 9.43. The Hall–Kier alpha value is -1.35. The van der Waals surface area contributed by atoms with Gasteiger partial charge < -0.3 is 10.6 Å². The number of benzene rings is 1. The summed E-state index contributed by atoms with van der Waals surface area (Å²) in [6.45, 7) is 4.34. The van der Waals surface area contributed by atoms with Crippen LogP contribution in [0.1, 0.15) is 37.4 Å².